The fraction of sp³-hybridized carbons (Fsp3) is 0.444. The minimum absolute atomic E-state index is 0.358. The number of anilines is 1. The van der Waals surface area contributed by atoms with Crippen LogP contribution in [0.25, 0.3) is 0 Å². The molecule has 1 rings (SSSR count). The summed E-state index contributed by atoms with van der Waals surface area (Å²) in [7, 11) is 0. The van der Waals surface area contributed by atoms with E-state index in [1.54, 1.807) is 0 Å². The molecule has 0 unspecified atom stereocenters. The molecule has 1 heterocycles. The third kappa shape index (κ3) is 1.98. The molecular weight excluding hydrogens is 196 g/mol. The quantitative estimate of drug-likeness (QED) is 0.733. The zero-order valence-corrected chi connectivity index (χ0v) is 9.40. The summed E-state index contributed by atoms with van der Waals surface area (Å²) in [6, 6.07) is 0. The lowest BCUT2D eigenvalue weighted by molar-refractivity contribution is 0.949. The van der Waals surface area contributed by atoms with Crippen LogP contribution in [0, 0.1) is 13.8 Å². The molecule has 0 bridgehead atoms. The summed E-state index contributed by atoms with van der Waals surface area (Å²) < 4.78 is 0. The molecule has 1 aromatic rings. The van der Waals surface area contributed by atoms with Gasteiger partial charge in [-0.1, -0.05) is 12.2 Å². The number of rotatable bonds is 3. The van der Waals surface area contributed by atoms with Gasteiger partial charge in [-0.2, -0.15) is 5.10 Å². The van der Waals surface area contributed by atoms with Crippen molar-refractivity contribution in [2.45, 2.75) is 20.8 Å². The highest BCUT2D eigenvalue weighted by Gasteiger charge is 2.12. The summed E-state index contributed by atoms with van der Waals surface area (Å²) in [5.41, 5.74) is 8.28. The molecule has 0 atom stereocenters. The zero-order chi connectivity index (χ0) is 10.7. The topological polar surface area (TPSA) is 63.8 Å². The first kappa shape index (κ1) is 10.8. The fourth-order valence-corrected chi connectivity index (χ4v) is 1.45. The van der Waals surface area contributed by atoms with E-state index in [0.29, 0.717) is 10.8 Å². The Morgan fingerprint density at radius 3 is 2.57 bits per heavy atom. The van der Waals surface area contributed by atoms with Gasteiger partial charge in [0.2, 0.25) is 0 Å². The van der Waals surface area contributed by atoms with Gasteiger partial charge < -0.3 is 11.1 Å². The van der Waals surface area contributed by atoms with E-state index in [0.717, 1.165) is 23.4 Å². The molecule has 0 aliphatic rings. The summed E-state index contributed by atoms with van der Waals surface area (Å²) in [5.74, 6) is 0.670. The number of hydrogen-bond acceptors (Lipinski definition) is 4. The molecule has 0 fully saturated rings. The first-order chi connectivity index (χ1) is 6.57. The van der Waals surface area contributed by atoms with Crippen LogP contribution in [0.4, 0.5) is 5.82 Å². The highest BCUT2D eigenvalue weighted by Crippen LogP contribution is 2.17. The maximum atomic E-state index is 5.64. The maximum Gasteiger partial charge on any atom is 0.159 e. The number of aromatic nitrogens is 2. The van der Waals surface area contributed by atoms with E-state index in [2.05, 4.69) is 15.5 Å². The SMILES string of the molecule is CCNc1nnc(C)c(C)c1C(N)=S. The zero-order valence-electron chi connectivity index (χ0n) is 8.59. The highest BCUT2D eigenvalue weighted by molar-refractivity contribution is 7.80. The van der Waals surface area contributed by atoms with Crippen molar-refractivity contribution in [3.63, 3.8) is 0 Å². The van der Waals surface area contributed by atoms with E-state index in [-0.39, 0.29) is 0 Å². The van der Waals surface area contributed by atoms with Crippen LogP contribution in [0.1, 0.15) is 23.7 Å². The first-order valence-corrected chi connectivity index (χ1v) is 4.86. The average molecular weight is 210 g/mol. The van der Waals surface area contributed by atoms with Gasteiger partial charge in [0.25, 0.3) is 0 Å². The van der Waals surface area contributed by atoms with Crippen LogP contribution in [-0.4, -0.2) is 21.7 Å². The van der Waals surface area contributed by atoms with E-state index in [4.69, 9.17) is 18.0 Å². The van der Waals surface area contributed by atoms with Crippen LogP contribution in [0.5, 0.6) is 0 Å². The van der Waals surface area contributed by atoms with Crippen LogP contribution < -0.4 is 11.1 Å². The summed E-state index contributed by atoms with van der Waals surface area (Å²) in [6.07, 6.45) is 0. The monoisotopic (exact) mass is 210 g/mol. The second-order valence-corrected chi connectivity index (χ2v) is 3.47. The van der Waals surface area contributed by atoms with Crippen molar-refractivity contribution in [2.24, 2.45) is 5.73 Å². The van der Waals surface area contributed by atoms with Gasteiger partial charge in [-0.15, -0.1) is 5.10 Å². The van der Waals surface area contributed by atoms with Crippen molar-refractivity contribution in [1.29, 1.82) is 0 Å². The van der Waals surface area contributed by atoms with Crippen LogP contribution in [0.2, 0.25) is 0 Å². The van der Waals surface area contributed by atoms with Gasteiger partial charge in [-0.3, -0.25) is 0 Å². The third-order valence-electron chi connectivity index (χ3n) is 2.05. The van der Waals surface area contributed by atoms with Crippen molar-refractivity contribution in [3.05, 3.63) is 16.8 Å². The Morgan fingerprint density at radius 1 is 1.43 bits per heavy atom. The Labute approximate surface area is 88.9 Å². The number of nitrogens with two attached hydrogens (primary N) is 1. The predicted molar refractivity (Wildman–Crippen MR) is 61.6 cm³/mol. The molecule has 0 aliphatic carbocycles. The summed E-state index contributed by atoms with van der Waals surface area (Å²) >= 11 is 4.98. The van der Waals surface area contributed by atoms with Crippen LogP contribution in [0.15, 0.2) is 0 Å². The Morgan fingerprint density at radius 2 is 2.07 bits per heavy atom. The van der Waals surface area contributed by atoms with E-state index in [9.17, 15) is 0 Å². The van der Waals surface area contributed by atoms with E-state index in [1.165, 1.54) is 0 Å². The predicted octanol–water partition coefficient (Wildman–Crippen LogP) is 1.16. The van der Waals surface area contributed by atoms with Crippen LogP contribution in [0.3, 0.4) is 0 Å². The summed E-state index contributed by atoms with van der Waals surface area (Å²) in [4.78, 5) is 0.358. The molecule has 0 saturated carbocycles. The number of aryl methyl sites for hydroxylation is 1. The molecule has 0 saturated heterocycles. The van der Waals surface area contributed by atoms with Crippen molar-refractivity contribution in [2.75, 3.05) is 11.9 Å². The molecule has 0 aliphatic heterocycles. The molecule has 76 valence electrons. The van der Waals surface area contributed by atoms with Crippen LogP contribution >= 0.6 is 12.2 Å². The Hall–Kier alpha value is -1.23. The summed E-state index contributed by atoms with van der Waals surface area (Å²) in [5, 5.41) is 11.1. The molecule has 0 aromatic carbocycles. The van der Waals surface area contributed by atoms with E-state index >= 15 is 0 Å². The minimum atomic E-state index is 0.358. The molecule has 4 nitrogen and oxygen atoms in total. The molecule has 3 N–H and O–H groups in total. The largest absolute Gasteiger partial charge is 0.389 e. The third-order valence-corrected chi connectivity index (χ3v) is 2.25. The second kappa shape index (κ2) is 4.32. The van der Waals surface area contributed by atoms with Gasteiger partial charge in [0.1, 0.15) is 4.99 Å². The number of nitrogens with one attached hydrogen (secondary N) is 1. The highest BCUT2D eigenvalue weighted by atomic mass is 32.1. The summed E-state index contributed by atoms with van der Waals surface area (Å²) in [6.45, 7) is 6.59. The molecule has 5 heteroatoms. The number of nitrogens with zero attached hydrogens (tertiary/aromatic N) is 2. The van der Waals surface area contributed by atoms with Gasteiger partial charge in [-0.25, -0.2) is 0 Å². The molecule has 0 radical (unpaired) electrons. The number of hydrogen-bond donors (Lipinski definition) is 2. The van der Waals surface area contributed by atoms with Crippen molar-refractivity contribution in [1.82, 2.24) is 10.2 Å². The number of thiocarbonyl (C=S) groups is 1. The van der Waals surface area contributed by atoms with Gasteiger partial charge >= 0.3 is 0 Å². The van der Waals surface area contributed by atoms with E-state index < -0.39 is 0 Å². The lowest BCUT2D eigenvalue weighted by Gasteiger charge is -2.11. The lowest BCUT2D eigenvalue weighted by Crippen LogP contribution is -2.17. The smallest absolute Gasteiger partial charge is 0.159 e. The van der Waals surface area contributed by atoms with Crippen LogP contribution in [-0.2, 0) is 0 Å². The standard InChI is InChI=1S/C9H14N4S/c1-4-11-9-7(8(10)14)5(2)6(3)12-13-9/h4H2,1-3H3,(H2,10,14)(H,11,13). The lowest BCUT2D eigenvalue weighted by atomic mass is 10.1. The van der Waals surface area contributed by atoms with Gasteiger partial charge in [0.05, 0.1) is 11.3 Å². The normalized spacial score (nSPS) is 9.93. The van der Waals surface area contributed by atoms with Crippen molar-refractivity contribution < 1.29 is 0 Å². The molecular formula is C9H14N4S. The molecule has 1 aromatic heterocycles. The Bertz CT molecular complexity index is 362. The minimum Gasteiger partial charge on any atom is -0.389 e. The fourth-order valence-electron chi connectivity index (χ4n) is 1.20. The Balaban J connectivity index is 3.30. The van der Waals surface area contributed by atoms with E-state index in [1.807, 2.05) is 20.8 Å². The van der Waals surface area contributed by atoms with Gasteiger partial charge in [0.15, 0.2) is 5.82 Å². The van der Waals surface area contributed by atoms with Gasteiger partial charge in [0, 0.05) is 6.54 Å². The average Bonchev–Trinajstić information content (AvgIpc) is 2.11. The first-order valence-electron chi connectivity index (χ1n) is 4.45. The van der Waals surface area contributed by atoms with Crippen molar-refractivity contribution >= 4 is 23.0 Å². The Kier molecular flexibility index (Phi) is 3.35. The van der Waals surface area contributed by atoms with Crippen molar-refractivity contribution in [3.8, 4) is 0 Å². The maximum absolute atomic E-state index is 5.64. The molecule has 0 amide bonds. The second-order valence-electron chi connectivity index (χ2n) is 3.03. The molecule has 14 heavy (non-hydrogen) atoms. The molecule has 0 spiro atoms. The van der Waals surface area contributed by atoms with Gasteiger partial charge in [-0.05, 0) is 26.3 Å².